The fraction of sp³-hybridized carbons (Fsp3) is 0.500. The van der Waals surface area contributed by atoms with Crippen molar-refractivity contribution in [3.8, 4) is 0 Å². The molecule has 5 nitrogen and oxygen atoms in total. The normalized spacial score (nSPS) is 10.5. The average molecular weight is 307 g/mol. The molecule has 1 aromatic rings. The number of aliphatic hydroxyl groups is 1. The predicted octanol–water partition coefficient (Wildman–Crippen LogP) is 3.50. The third-order valence-corrected chi connectivity index (χ3v) is 3.32. The van der Waals surface area contributed by atoms with E-state index >= 15 is 0 Å². The number of aliphatic hydroxyl groups excluding tert-OH is 1. The molecule has 1 N–H and O–H groups in total. The van der Waals surface area contributed by atoms with Crippen molar-refractivity contribution in [1.82, 2.24) is 0 Å². The molecule has 0 atom stereocenters. The Labute approximate surface area is 121 Å². The Morgan fingerprint density at radius 3 is 2.32 bits per heavy atom. The number of anilines is 1. The number of rotatable bonds is 7. The van der Waals surface area contributed by atoms with Gasteiger partial charge in [0, 0.05) is 32.3 Å². The summed E-state index contributed by atoms with van der Waals surface area (Å²) >= 11 is 12.1. The van der Waals surface area contributed by atoms with Crippen LogP contribution in [0.4, 0.5) is 11.4 Å². The van der Waals surface area contributed by atoms with Crippen LogP contribution in [0.2, 0.25) is 10.0 Å². The second kappa shape index (κ2) is 7.53. The van der Waals surface area contributed by atoms with Crippen molar-refractivity contribution in [1.29, 1.82) is 0 Å². The minimum atomic E-state index is -0.525. The molecule has 19 heavy (non-hydrogen) atoms. The molecule has 0 radical (unpaired) electrons. The zero-order chi connectivity index (χ0) is 14.4. The summed E-state index contributed by atoms with van der Waals surface area (Å²) < 4.78 is 0. The molecule has 0 aliphatic heterocycles. The number of hydrogen-bond donors (Lipinski definition) is 1. The van der Waals surface area contributed by atoms with E-state index in [1.807, 2.05) is 11.9 Å². The van der Waals surface area contributed by atoms with E-state index in [2.05, 4.69) is 0 Å². The molecule has 0 bridgehead atoms. The zero-order valence-electron chi connectivity index (χ0n) is 10.6. The molecular weight excluding hydrogens is 291 g/mol. The molecule has 0 aromatic heterocycles. The molecule has 0 saturated carbocycles. The van der Waals surface area contributed by atoms with Crippen molar-refractivity contribution >= 4 is 34.6 Å². The molecule has 0 amide bonds. The number of nitro benzene ring substituents is 1. The van der Waals surface area contributed by atoms with Gasteiger partial charge in [-0.05, 0) is 19.3 Å². The van der Waals surface area contributed by atoms with Crippen LogP contribution in [0, 0.1) is 10.1 Å². The van der Waals surface area contributed by atoms with Gasteiger partial charge in [0.15, 0.2) is 0 Å². The van der Waals surface area contributed by atoms with Crippen molar-refractivity contribution in [2.45, 2.75) is 19.3 Å². The number of benzene rings is 1. The van der Waals surface area contributed by atoms with Gasteiger partial charge in [-0.1, -0.05) is 23.2 Å². The van der Waals surface area contributed by atoms with Gasteiger partial charge in [0.05, 0.1) is 20.7 Å². The Hall–Kier alpha value is -1.04. The van der Waals surface area contributed by atoms with E-state index in [-0.39, 0.29) is 22.3 Å². The van der Waals surface area contributed by atoms with Gasteiger partial charge in [-0.15, -0.1) is 0 Å². The maximum absolute atomic E-state index is 10.7. The number of hydrogen-bond acceptors (Lipinski definition) is 4. The van der Waals surface area contributed by atoms with Crippen molar-refractivity contribution < 1.29 is 10.0 Å². The lowest BCUT2D eigenvalue weighted by molar-refractivity contribution is -0.384. The highest BCUT2D eigenvalue weighted by Gasteiger charge is 2.17. The topological polar surface area (TPSA) is 66.6 Å². The number of nitrogens with zero attached hydrogens (tertiary/aromatic N) is 2. The van der Waals surface area contributed by atoms with Crippen molar-refractivity contribution in [3.05, 3.63) is 32.3 Å². The van der Waals surface area contributed by atoms with Crippen LogP contribution >= 0.6 is 23.2 Å². The molecule has 0 saturated heterocycles. The highest BCUT2D eigenvalue weighted by Crippen LogP contribution is 2.36. The summed E-state index contributed by atoms with van der Waals surface area (Å²) in [6.45, 7) is 0.903. The fourth-order valence-electron chi connectivity index (χ4n) is 1.77. The van der Waals surface area contributed by atoms with Crippen LogP contribution in [0.1, 0.15) is 19.3 Å². The van der Waals surface area contributed by atoms with Gasteiger partial charge in [0.25, 0.3) is 5.69 Å². The predicted molar refractivity (Wildman–Crippen MR) is 77.3 cm³/mol. The molecule has 1 aromatic carbocycles. The summed E-state index contributed by atoms with van der Waals surface area (Å²) in [5.74, 6) is 0. The van der Waals surface area contributed by atoms with E-state index in [0.29, 0.717) is 5.69 Å². The molecule has 0 heterocycles. The first-order valence-electron chi connectivity index (χ1n) is 5.92. The van der Waals surface area contributed by atoms with Gasteiger partial charge < -0.3 is 10.0 Å². The van der Waals surface area contributed by atoms with Crippen molar-refractivity contribution in [2.75, 3.05) is 25.1 Å². The van der Waals surface area contributed by atoms with Gasteiger partial charge >= 0.3 is 0 Å². The summed E-state index contributed by atoms with van der Waals surface area (Å²) in [5, 5.41) is 19.9. The number of halogens is 2. The van der Waals surface area contributed by atoms with Crippen molar-refractivity contribution in [3.63, 3.8) is 0 Å². The summed E-state index contributed by atoms with van der Waals surface area (Å²) in [4.78, 5) is 12.0. The van der Waals surface area contributed by atoms with Crippen LogP contribution in [0.5, 0.6) is 0 Å². The molecule has 7 heteroatoms. The Balaban J connectivity index is 2.79. The van der Waals surface area contributed by atoms with Gasteiger partial charge in [-0.25, -0.2) is 0 Å². The lowest BCUT2D eigenvalue weighted by atomic mass is 10.2. The Bertz CT molecular complexity index is 432. The summed E-state index contributed by atoms with van der Waals surface area (Å²) in [7, 11) is 1.83. The average Bonchev–Trinajstić information content (AvgIpc) is 2.33. The molecule has 1 rings (SSSR count). The first-order chi connectivity index (χ1) is 8.97. The second-order valence-corrected chi connectivity index (χ2v) is 5.04. The molecule has 0 fully saturated rings. The Morgan fingerprint density at radius 2 is 1.84 bits per heavy atom. The van der Waals surface area contributed by atoms with Crippen LogP contribution in [-0.4, -0.2) is 30.2 Å². The zero-order valence-corrected chi connectivity index (χ0v) is 12.1. The van der Waals surface area contributed by atoms with Crippen LogP contribution in [0.15, 0.2) is 12.1 Å². The summed E-state index contributed by atoms with van der Waals surface area (Å²) in [5.41, 5.74) is 0.477. The van der Waals surface area contributed by atoms with Crippen LogP contribution in [0.3, 0.4) is 0 Å². The van der Waals surface area contributed by atoms with Gasteiger partial charge in [-0.3, -0.25) is 10.1 Å². The molecular formula is C12H16Cl2N2O3. The molecule has 0 spiro atoms. The molecule has 0 aliphatic carbocycles. The van der Waals surface area contributed by atoms with Gasteiger partial charge in [0.2, 0.25) is 0 Å². The highest BCUT2D eigenvalue weighted by atomic mass is 35.5. The lowest BCUT2D eigenvalue weighted by Gasteiger charge is -2.21. The second-order valence-electron chi connectivity index (χ2n) is 4.22. The minimum Gasteiger partial charge on any atom is -0.396 e. The molecule has 0 unspecified atom stereocenters. The standard InChI is InChI=1S/C12H16Cl2N2O3/c1-15(5-3-2-4-6-17)12-10(13)7-9(16(18)19)8-11(12)14/h7-8,17H,2-6H2,1H3. The third kappa shape index (κ3) is 4.53. The largest absolute Gasteiger partial charge is 0.396 e. The van der Waals surface area contributed by atoms with E-state index in [1.165, 1.54) is 12.1 Å². The first kappa shape index (κ1) is 16.0. The monoisotopic (exact) mass is 306 g/mol. The smallest absolute Gasteiger partial charge is 0.272 e. The number of unbranched alkanes of at least 4 members (excludes halogenated alkanes) is 2. The van der Waals surface area contributed by atoms with E-state index in [4.69, 9.17) is 28.3 Å². The fourth-order valence-corrected chi connectivity index (χ4v) is 2.54. The minimum absolute atomic E-state index is 0.118. The Kier molecular flexibility index (Phi) is 6.34. The quantitative estimate of drug-likeness (QED) is 0.475. The van der Waals surface area contributed by atoms with E-state index < -0.39 is 4.92 Å². The maximum Gasteiger partial charge on any atom is 0.272 e. The van der Waals surface area contributed by atoms with E-state index in [0.717, 1.165) is 25.8 Å². The van der Waals surface area contributed by atoms with Gasteiger partial charge in [-0.2, -0.15) is 0 Å². The van der Waals surface area contributed by atoms with Crippen LogP contribution in [-0.2, 0) is 0 Å². The van der Waals surface area contributed by atoms with Gasteiger partial charge in [0.1, 0.15) is 0 Å². The number of non-ortho nitro benzene ring substituents is 1. The summed E-state index contributed by atoms with van der Waals surface area (Å²) in [6, 6.07) is 2.60. The highest BCUT2D eigenvalue weighted by molar-refractivity contribution is 6.39. The molecule has 106 valence electrons. The van der Waals surface area contributed by atoms with E-state index in [9.17, 15) is 10.1 Å². The van der Waals surface area contributed by atoms with E-state index in [1.54, 1.807) is 0 Å². The van der Waals surface area contributed by atoms with Crippen LogP contribution in [0.25, 0.3) is 0 Å². The maximum atomic E-state index is 10.7. The third-order valence-electron chi connectivity index (χ3n) is 2.75. The lowest BCUT2D eigenvalue weighted by Crippen LogP contribution is -2.19. The van der Waals surface area contributed by atoms with Crippen LogP contribution < -0.4 is 4.90 Å². The van der Waals surface area contributed by atoms with Crippen molar-refractivity contribution in [2.24, 2.45) is 0 Å². The first-order valence-corrected chi connectivity index (χ1v) is 6.68. The Morgan fingerprint density at radius 1 is 1.26 bits per heavy atom. The summed E-state index contributed by atoms with van der Waals surface area (Å²) in [6.07, 6.45) is 2.55. The number of nitro groups is 1. The molecule has 0 aliphatic rings. The SMILES string of the molecule is CN(CCCCCO)c1c(Cl)cc([N+](=O)[O-])cc1Cl.